The number of nitrogens with zero attached hydrogens (tertiary/aromatic N) is 2. The van der Waals surface area contributed by atoms with E-state index in [-0.39, 0.29) is 12.1 Å². The summed E-state index contributed by atoms with van der Waals surface area (Å²) in [4.78, 5) is 18.6. The standard InChI is InChI=1S/C12H9Cl2N3O2/c13-7-1-8(14)3-9(2-7)16-5-11-10(12(18)19)4-15-6-17-11/h1-4,6,16H,5H2,(H,18,19). The van der Waals surface area contributed by atoms with Crippen LogP contribution in [-0.4, -0.2) is 21.0 Å². The van der Waals surface area contributed by atoms with Crippen LogP contribution in [0.5, 0.6) is 0 Å². The van der Waals surface area contributed by atoms with E-state index in [4.69, 9.17) is 28.3 Å². The van der Waals surface area contributed by atoms with Crippen LogP contribution >= 0.6 is 23.2 Å². The molecule has 0 saturated heterocycles. The van der Waals surface area contributed by atoms with Gasteiger partial charge in [-0.2, -0.15) is 0 Å². The minimum atomic E-state index is -1.07. The van der Waals surface area contributed by atoms with Crippen molar-refractivity contribution in [2.24, 2.45) is 0 Å². The van der Waals surface area contributed by atoms with Crippen molar-refractivity contribution in [2.45, 2.75) is 6.54 Å². The number of carbonyl (C=O) groups is 1. The van der Waals surface area contributed by atoms with E-state index in [1.807, 2.05) is 0 Å². The van der Waals surface area contributed by atoms with Crippen LogP contribution in [0.25, 0.3) is 0 Å². The van der Waals surface area contributed by atoms with E-state index in [2.05, 4.69) is 15.3 Å². The van der Waals surface area contributed by atoms with Crippen molar-refractivity contribution in [3.8, 4) is 0 Å². The maximum Gasteiger partial charge on any atom is 0.339 e. The fourth-order valence-electron chi connectivity index (χ4n) is 1.52. The second-order valence-corrected chi connectivity index (χ2v) is 4.57. The average Bonchev–Trinajstić information content (AvgIpc) is 2.35. The second kappa shape index (κ2) is 5.86. The van der Waals surface area contributed by atoms with Gasteiger partial charge in [0.05, 0.1) is 12.2 Å². The lowest BCUT2D eigenvalue weighted by atomic mass is 10.2. The summed E-state index contributed by atoms with van der Waals surface area (Å²) in [6.07, 6.45) is 2.56. The first-order valence-electron chi connectivity index (χ1n) is 5.28. The Labute approximate surface area is 119 Å². The molecule has 5 nitrogen and oxygen atoms in total. The number of halogens is 2. The molecule has 0 fully saturated rings. The van der Waals surface area contributed by atoms with E-state index in [0.29, 0.717) is 21.4 Å². The molecular formula is C12H9Cl2N3O2. The van der Waals surface area contributed by atoms with E-state index < -0.39 is 5.97 Å². The van der Waals surface area contributed by atoms with Crippen molar-refractivity contribution in [1.29, 1.82) is 0 Å². The molecule has 98 valence electrons. The van der Waals surface area contributed by atoms with Gasteiger partial charge < -0.3 is 10.4 Å². The van der Waals surface area contributed by atoms with Gasteiger partial charge in [0.15, 0.2) is 0 Å². The summed E-state index contributed by atoms with van der Waals surface area (Å²) >= 11 is 11.7. The molecule has 0 amide bonds. The summed E-state index contributed by atoms with van der Waals surface area (Å²) in [5, 5.41) is 13.0. The topological polar surface area (TPSA) is 75.1 Å². The third kappa shape index (κ3) is 3.56. The lowest BCUT2D eigenvalue weighted by Crippen LogP contribution is -2.10. The van der Waals surface area contributed by atoms with Crippen molar-refractivity contribution < 1.29 is 9.90 Å². The first-order valence-corrected chi connectivity index (χ1v) is 6.04. The summed E-state index contributed by atoms with van der Waals surface area (Å²) < 4.78 is 0. The van der Waals surface area contributed by atoms with Gasteiger partial charge in [0, 0.05) is 21.9 Å². The van der Waals surface area contributed by atoms with Crippen LogP contribution in [0.4, 0.5) is 5.69 Å². The minimum Gasteiger partial charge on any atom is -0.478 e. The fraction of sp³-hybridized carbons (Fsp3) is 0.0833. The molecule has 1 aromatic carbocycles. The molecule has 0 radical (unpaired) electrons. The average molecular weight is 298 g/mol. The fourth-order valence-corrected chi connectivity index (χ4v) is 2.04. The van der Waals surface area contributed by atoms with Gasteiger partial charge in [-0.3, -0.25) is 0 Å². The predicted octanol–water partition coefficient (Wildman–Crippen LogP) is 3.09. The molecule has 0 bridgehead atoms. The molecule has 19 heavy (non-hydrogen) atoms. The number of benzene rings is 1. The number of carboxylic acid groups (broad SMARTS) is 1. The molecule has 0 aliphatic rings. The Morgan fingerprint density at radius 1 is 1.26 bits per heavy atom. The third-order valence-corrected chi connectivity index (χ3v) is 2.78. The first kappa shape index (κ1) is 13.6. The van der Waals surface area contributed by atoms with E-state index in [0.717, 1.165) is 0 Å². The Morgan fingerprint density at radius 3 is 2.58 bits per heavy atom. The van der Waals surface area contributed by atoms with Gasteiger partial charge in [-0.25, -0.2) is 14.8 Å². The predicted molar refractivity (Wildman–Crippen MR) is 72.8 cm³/mol. The number of carboxylic acids is 1. The number of hydrogen-bond donors (Lipinski definition) is 2. The summed E-state index contributed by atoms with van der Waals surface area (Å²) in [5.74, 6) is -1.07. The quantitative estimate of drug-likeness (QED) is 0.907. The van der Waals surface area contributed by atoms with Crippen LogP contribution in [0.3, 0.4) is 0 Å². The molecule has 0 atom stereocenters. The van der Waals surface area contributed by atoms with Crippen molar-refractivity contribution in [2.75, 3.05) is 5.32 Å². The summed E-state index contributed by atoms with van der Waals surface area (Å²) in [6, 6.07) is 4.99. The van der Waals surface area contributed by atoms with Crippen LogP contribution in [0.2, 0.25) is 10.0 Å². The highest BCUT2D eigenvalue weighted by Gasteiger charge is 2.11. The lowest BCUT2D eigenvalue weighted by Gasteiger charge is -2.08. The third-order valence-electron chi connectivity index (χ3n) is 2.35. The van der Waals surface area contributed by atoms with E-state index in [1.165, 1.54) is 12.5 Å². The maximum absolute atomic E-state index is 11.0. The molecule has 2 rings (SSSR count). The zero-order chi connectivity index (χ0) is 13.8. The minimum absolute atomic E-state index is 0.0584. The second-order valence-electron chi connectivity index (χ2n) is 3.70. The summed E-state index contributed by atoms with van der Waals surface area (Å²) in [5.41, 5.74) is 1.13. The van der Waals surface area contributed by atoms with Crippen molar-refractivity contribution in [3.63, 3.8) is 0 Å². The van der Waals surface area contributed by atoms with Crippen LogP contribution in [0.1, 0.15) is 16.1 Å². The smallest absolute Gasteiger partial charge is 0.339 e. The Morgan fingerprint density at radius 2 is 1.95 bits per heavy atom. The number of rotatable bonds is 4. The van der Waals surface area contributed by atoms with Crippen molar-refractivity contribution in [3.05, 3.63) is 52.0 Å². The maximum atomic E-state index is 11.0. The molecule has 2 N–H and O–H groups in total. The molecule has 1 heterocycles. The SMILES string of the molecule is O=C(O)c1cncnc1CNc1cc(Cl)cc(Cl)c1. The Hall–Kier alpha value is -1.85. The molecular weight excluding hydrogens is 289 g/mol. The van der Waals surface area contributed by atoms with E-state index in [9.17, 15) is 4.79 Å². The van der Waals surface area contributed by atoms with Crippen molar-refractivity contribution in [1.82, 2.24) is 9.97 Å². The van der Waals surface area contributed by atoms with Crippen LogP contribution < -0.4 is 5.32 Å². The van der Waals surface area contributed by atoms with Gasteiger partial charge in [-0.1, -0.05) is 23.2 Å². The van der Waals surface area contributed by atoms with Crippen LogP contribution in [0.15, 0.2) is 30.7 Å². The van der Waals surface area contributed by atoms with Crippen LogP contribution in [-0.2, 0) is 6.54 Å². The molecule has 0 saturated carbocycles. The number of aromatic carboxylic acids is 1. The Kier molecular flexibility index (Phi) is 4.19. The lowest BCUT2D eigenvalue weighted by molar-refractivity contribution is 0.0694. The zero-order valence-electron chi connectivity index (χ0n) is 9.60. The molecule has 0 spiro atoms. The number of hydrogen-bond acceptors (Lipinski definition) is 4. The molecule has 0 aliphatic carbocycles. The summed E-state index contributed by atoms with van der Waals surface area (Å²) in [7, 11) is 0. The van der Waals surface area contributed by atoms with Gasteiger partial charge in [-0.05, 0) is 18.2 Å². The molecule has 7 heteroatoms. The van der Waals surface area contributed by atoms with E-state index in [1.54, 1.807) is 18.2 Å². The van der Waals surface area contributed by atoms with Gasteiger partial charge in [0.2, 0.25) is 0 Å². The van der Waals surface area contributed by atoms with Crippen molar-refractivity contribution >= 4 is 34.9 Å². The first-order chi connectivity index (χ1) is 9.06. The Bertz CT molecular complexity index is 599. The largest absolute Gasteiger partial charge is 0.478 e. The van der Waals surface area contributed by atoms with Gasteiger partial charge in [0.25, 0.3) is 0 Å². The van der Waals surface area contributed by atoms with Gasteiger partial charge >= 0.3 is 5.97 Å². The highest BCUT2D eigenvalue weighted by Crippen LogP contribution is 2.22. The number of nitrogens with one attached hydrogen (secondary N) is 1. The van der Waals surface area contributed by atoms with Gasteiger partial charge in [0.1, 0.15) is 11.9 Å². The number of anilines is 1. The van der Waals surface area contributed by atoms with Crippen LogP contribution in [0, 0.1) is 0 Å². The van der Waals surface area contributed by atoms with E-state index >= 15 is 0 Å². The summed E-state index contributed by atoms with van der Waals surface area (Å²) in [6.45, 7) is 0.237. The molecule has 2 aromatic rings. The van der Waals surface area contributed by atoms with Gasteiger partial charge in [-0.15, -0.1) is 0 Å². The monoisotopic (exact) mass is 297 g/mol. The molecule has 0 unspecified atom stereocenters. The zero-order valence-corrected chi connectivity index (χ0v) is 11.1. The molecule has 1 aromatic heterocycles. The normalized spacial score (nSPS) is 10.2. The highest BCUT2D eigenvalue weighted by molar-refractivity contribution is 6.35. The Balaban J connectivity index is 2.16. The molecule has 0 aliphatic heterocycles. The number of aromatic nitrogens is 2. The highest BCUT2D eigenvalue weighted by atomic mass is 35.5.